The molecule has 0 aliphatic rings. The van der Waals surface area contributed by atoms with E-state index in [1.54, 1.807) is 6.21 Å². The first-order valence-corrected chi connectivity index (χ1v) is 8.50. The summed E-state index contributed by atoms with van der Waals surface area (Å²) in [5, 5.41) is 3.08. The van der Waals surface area contributed by atoms with Gasteiger partial charge in [0.25, 0.3) is 5.56 Å². The lowest BCUT2D eigenvalue weighted by Gasteiger charge is -2.00. The predicted molar refractivity (Wildman–Crippen MR) is 100 cm³/mol. The van der Waals surface area contributed by atoms with E-state index in [2.05, 4.69) is 42.0 Å². The van der Waals surface area contributed by atoms with Crippen LogP contribution in [0.15, 0.2) is 67.3 Å². The van der Waals surface area contributed by atoms with Crippen LogP contribution in [0.2, 0.25) is 0 Å². The molecule has 0 bridgehead atoms. The van der Waals surface area contributed by atoms with E-state index in [4.69, 9.17) is 0 Å². The Labute approximate surface area is 150 Å². The first kappa shape index (κ1) is 16.0. The van der Waals surface area contributed by atoms with Crippen LogP contribution in [-0.4, -0.2) is 16.0 Å². The Balaban J connectivity index is 1.96. The Morgan fingerprint density at radius 2 is 1.57 bits per heavy atom. The topological polar surface area (TPSA) is 50.1 Å². The minimum Gasteiger partial charge on any atom is -0.295 e. The lowest BCUT2D eigenvalue weighted by atomic mass is 10.2. The zero-order valence-corrected chi connectivity index (χ0v) is 15.4. The van der Waals surface area contributed by atoms with E-state index >= 15 is 0 Å². The monoisotopic (exact) mass is 433 g/mol. The van der Waals surface area contributed by atoms with E-state index in [0.717, 1.165) is 26.0 Å². The summed E-state index contributed by atoms with van der Waals surface area (Å²) in [4.78, 5) is 16.9. The summed E-state index contributed by atoms with van der Waals surface area (Å²) in [5.41, 5.74) is 2.79. The lowest BCUT2D eigenvalue weighted by molar-refractivity contribution is 0.835. The molecule has 0 unspecified atom stereocenters. The molecule has 4 nitrogen and oxygen atoms in total. The van der Waals surface area contributed by atoms with Crippen molar-refractivity contribution in [3.05, 3.63) is 79.1 Å². The predicted octanol–water partition coefficient (Wildman–Crippen LogP) is 4.75. The minimum atomic E-state index is -0.120. The standard InChI is InChI=1S/C17H13Br2N3O/c1-11-16(10-20-14-6-2-12(18)3-7-14)17(23)22(21-11)15-8-4-13(19)5-9-15/h2-10,21H,1H3. The largest absolute Gasteiger partial charge is 0.295 e. The van der Waals surface area contributed by atoms with Crippen LogP contribution in [-0.2, 0) is 0 Å². The third-order valence-corrected chi connectivity index (χ3v) is 4.43. The van der Waals surface area contributed by atoms with E-state index in [-0.39, 0.29) is 5.56 Å². The van der Waals surface area contributed by atoms with Crippen molar-refractivity contribution in [2.75, 3.05) is 0 Å². The average Bonchev–Trinajstić information content (AvgIpc) is 2.82. The number of rotatable bonds is 3. The molecule has 0 atom stereocenters. The van der Waals surface area contributed by atoms with Gasteiger partial charge in [0.15, 0.2) is 0 Å². The van der Waals surface area contributed by atoms with Crippen molar-refractivity contribution in [1.82, 2.24) is 9.78 Å². The van der Waals surface area contributed by atoms with Crippen molar-refractivity contribution in [2.45, 2.75) is 6.92 Å². The summed E-state index contributed by atoms with van der Waals surface area (Å²) in [7, 11) is 0. The van der Waals surface area contributed by atoms with Gasteiger partial charge in [0.2, 0.25) is 0 Å². The summed E-state index contributed by atoms with van der Waals surface area (Å²) in [6.45, 7) is 1.86. The molecular weight excluding hydrogens is 422 g/mol. The summed E-state index contributed by atoms with van der Waals surface area (Å²) in [5.74, 6) is 0. The molecule has 23 heavy (non-hydrogen) atoms. The molecule has 2 aromatic carbocycles. The highest BCUT2D eigenvalue weighted by atomic mass is 79.9. The quantitative estimate of drug-likeness (QED) is 0.594. The zero-order chi connectivity index (χ0) is 16.4. The van der Waals surface area contributed by atoms with Gasteiger partial charge >= 0.3 is 0 Å². The molecular formula is C17H13Br2N3O. The number of aliphatic imine (C=N–C) groups is 1. The first-order valence-electron chi connectivity index (χ1n) is 6.92. The van der Waals surface area contributed by atoms with Gasteiger partial charge in [-0.25, -0.2) is 4.68 Å². The molecule has 1 N–H and O–H groups in total. The maximum atomic E-state index is 12.6. The van der Waals surface area contributed by atoms with Crippen LogP contribution >= 0.6 is 31.9 Å². The molecule has 3 aromatic rings. The van der Waals surface area contributed by atoms with Crippen LogP contribution in [0.5, 0.6) is 0 Å². The zero-order valence-electron chi connectivity index (χ0n) is 12.3. The molecule has 0 aliphatic heterocycles. The number of nitrogens with zero attached hydrogens (tertiary/aromatic N) is 2. The van der Waals surface area contributed by atoms with Gasteiger partial charge in [-0.05, 0) is 55.5 Å². The molecule has 0 saturated heterocycles. The number of nitrogens with one attached hydrogen (secondary N) is 1. The van der Waals surface area contributed by atoms with Gasteiger partial charge in [-0.3, -0.25) is 14.9 Å². The number of hydrogen-bond acceptors (Lipinski definition) is 2. The lowest BCUT2D eigenvalue weighted by Crippen LogP contribution is -2.17. The normalized spacial score (nSPS) is 11.3. The molecule has 1 aromatic heterocycles. The van der Waals surface area contributed by atoms with Crippen LogP contribution in [0, 0.1) is 6.92 Å². The Bertz CT molecular complexity index is 907. The van der Waals surface area contributed by atoms with Crippen molar-refractivity contribution in [3.8, 4) is 5.69 Å². The van der Waals surface area contributed by atoms with Crippen LogP contribution in [0.25, 0.3) is 5.69 Å². The van der Waals surface area contributed by atoms with Crippen LogP contribution in [0.3, 0.4) is 0 Å². The Morgan fingerprint density at radius 1 is 1.00 bits per heavy atom. The average molecular weight is 435 g/mol. The molecule has 0 saturated carbocycles. The molecule has 0 spiro atoms. The fourth-order valence-corrected chi connectivity index (χ4v) is 2.68. The van der Waals surface area contributed by atoms with Crippen molar-refractivity contribution < 1.29 is 0 Å². The first-order chi connectivity index (χ1) is 11.0. The summed E-state index contributed by atoms with van der Waals surface area (Å²) >= 11 is 6.78. The van der Waals surface area contributed by atoms with Gasteiger partial charge in [0.05, 0.1) is 16.9 Å². The summed E-state index contributed by atoms with van der Waals surface area (Å²) in [6, 6.07) is 15.1. The fraction of sp³-hybridized carbons (Fsp3) is 0.0588. The molecule has 116 valence electrons. The van der Waals surface area contributed by atoms with Crippen LogP contribution in [0.4, 0.5) is 5.69 Å². The van der Waals surface area contributed by atoms with Crippen LogP contribution < -0.4 is 5.56 Å². The molecule has 0 radical (unpaired) electrons. The van der Waals surface area contributed by atoms with E-state index in [1.807, 2.05) is 55.5 Å². The highest BCUT2D eigenvalue weighted by Gasteiger charge is 2.10. The van der Waals surface area contributed by atoms with Gasteiger partial charge in [-0.2, -0.15) is 0 Å². The van der Waals surface area contributed by atoms with Crippen molar-refractivity contribution in [3.63, 3.8) is 0 Å². The smallest absolute Gasteiger partial charge is 0.280 e. The maximum absolute atomic E-state index is 12.6. The second-order valence-electron chi connectivity index (χ2n) is 5.00. The van der Waals surface area contributed by atoms with Crippen LogP contribution in [0.1, 0.15) is 11.3 Å². The molecule has 0 aliphatic carbocycles. The van der Waals surface area contributed by atoms with E-state index in [9.17, 15) is 4.79 Å². The number of aromatic amines is 1. The summed E-state index contributed by atoms with van der Waals surface area (Å²) < 4.78 is 3.48. The van der Waals surface area contributed by atoms with E-state index in [1.165, 1.54) is 4.68 Å². The Kier molecular flexibility index (Phi) is 4.63. The number of hydrogen-bond donors (Lipinski definition) is 1. The third kappa shape index (κ3) is 3.54. The van der Waals surface area contributed by atoms with Gasteiger partial charge in [-0.1, -0.05) is 31.9 Å². The highest BCUT2D eigenvalue weighted by molar-refractivity contribution is 9.10. The molecule has 1 heterocycles. The molecule has 6 heteroatoms. The van der Waals surface area contributed by atoms with Crippen molar-refractivity contribution in [2.24, 2.45) is 4.99 Å². The fourth-order valence-electron chi connectivity index (χ4n) is 2.15. The highest BCUT2D eigenvalue weighted by Crippen LogP contribution is 2.17. The van der Waals surface area contributed by atoms with Gasteiger partial charge < -0.3 is 0 Å². The number of aryl methyl sites for hydroxylation is 1. The van der Waals surface area contributed by atoms with E-state index < -0.39 is 0 Å². The number of benzene rings is 2. The minimum absolute atomic E-state index is 0.120. The maximum Gasteiger partial charge on any atom is 0.280 e. The molecule has 3 rings (SSSR count). The molecule has 0 amide bonds. The second kappa shape index (κ2) is 6.68. The van der Waals surface area contributed by atoms with Gasteiger partial charge in [-0.15, -0.1) is 0 Å². The number of aromatic nitrogens is 2. The number of H-pyrrole nitrogens is 1. The van der Waals surface area contributed by atoms with Gasteiger partial charge in [0, 0.05) is 20.9 Å². The number of halogens is 2. The SMILES string of the molecule is Cc1[nH]n(-c2ccc(Br)cc2)c(=O)c1C=Nc1ccc(Br)cc1. The Hall–Kier alpha value is -1.92. The second-order valence-corrected chi connectivity index (χ2v) is 6.83. The molecule has 0 fully saturated rings. The third-order valence-electron chi connectivity index (χ3n) is 3.37. The summed E-state index contributed by atoms with van der Waals surface area (Å²) in [6.07, 6.45) is 1.60. The Morgan fingerprint density at radius 3 is 2.17 bits per heavy atom. The van der Waals surface area contributed by atoms with Crippen molar-refractivity contribution >= 4 is 43.8 Å². The van der Waals surface area contributed by atoms with E-state index in [0.29, 0.717) is 5.56 Å². The van der Waals surface area contributed by atoms with Crippen molar-refractivity contribution in [1.29, 1.82) is 0 Å². The van der Waals surface area contributed by atoms with Gasteiger partial charge in [0.1, 0.15) is 0 Å².